The van der Waals surface area contributed by atoms with E-state index in [2.05, 4.69) is 37.6 Å². The minimum Gasteiger partial charge on any atom is -0.361 e. The molecular weight excluding hydrogens is 430 g/mol. The maximum absolute atomic E-state index is 12.9. The third kappa shape index (κ3) is 4.32. The van der Waals surface area contributed by atoms with Gasteiger partial charge in [0.2, 0.25) is 5.91 Å². The summed E-state index contributed by atoms with van der Waals surface area (Å²) in [6.07, 6.45) is 2.10. The number of carbonyl (C=O) groups excluding carboxylic acids is 1. The van der Waals surface area contributed by atoms with E-state index in [0.717, 1.165) is 33.5 Å². The van der Waals surface area contributed by atoms with E-state index in [1.165, 1.54) is 0 Å². The second kappa shape index (κ2) is 9.03. The van der Waals surface area contributed by atoms with Crippen LogP contribution in [-0.4, -0.2) is 32.4 Å². The second-order valence-corrected chi connectivity index (χ2v) is 8.63. The largest absolute Gasteiger partial charge is 0.361 e. The number of hydrogen-bond acceptors (Lipinski definition) is 3. The van der Waals surface area contributed by atoms with Gasteiger partial charge in [0.05, 0.1) is 17.8 Å². The van der Waals surface area contributed by atoms with Gasteiger partial charge in [-0.2, -0.15) is 0 Å². The lowest BCUT2D eigenvalue weighted by Gasteiger charge is -2.26. The van der Waals surface area contributed by atoms with Gasteiger partial charge in [0, 0.05) is 41.6 Å². The minimum atomic E-state index is -0.0992. The molecule has 1 saturated heterocycles. The first-order valence-electron chi connectivity index (χ1n) is 11.0. The molecule has 7 heteroatoms. The predicted molar refractivity (Wildman–Crippen MR) is 135 cm³/mol. The highest BCUT2D eigenvalue weighted by Gasteiger charge is 2.40. The van der Waals surface area contributed by atoms with Crippen LogP contribution in [0.5, 0.6) is 0 Å². The summed E-state index contributed by atoms with van der Waals surface area (Å²) < 4.78 is 0. The molecule has 3 heterocycles. The number of nitrogens with zero attached hydrogens (tertiary/aromatic N) is 2. The standard InChI is InChI=1S/C26H25N5OS/c1-17-12-13-22(28-17)25-24(21-10-4-5-15-27-21)30-26(33)31(25)16-14-23(32)29-20-11-6-8-18-7-2-3-9-19(18)20/h2-13,15,24-25,28H,14,16H2,1H3,(H,29,32)(H,30,33)/t24-,25-/m0/s1. The Morgan fingerprint density at radius 3 is 2.67 bits per heavy atom. The number of hydrogen-bond donors (Lipinski definition) is 3. The number of thiocarbonyl (C=S) groups is 1. The fraction of sp³-hybridized carbons (Fsp3) is 0.192. The van der Waals surface area contributed by atoms with E-state index >= 15 is 0 Å². The van der Waals surface area contributed by atoms with E-state index in [9.17, 15) is 4.79 Å². The summed E-state index contributed by atoms with van der Waals surface area (Å²) in [5, 5.41) is 9.25. The Bertz CT molecular complexity index is 1300. The van der Waals surface area contributed by atoms with Crippen LogP contribution in [0.3, 0.4) is 0 Å². The molecule has 2 atom stereocenters. The fourth-order valence-corrected chi connectivity index (χ4v) is 4.78. The molecule has 0 spiro atoms. The van der Waals surface area contributed by atoms with E-state index in [4.69, 9.17) is 12.2 Å². The van der Waals surface area contributed by atoms with Crippen LogP contribution in [0.1, 0.15) is 35.6 Å². The molecular formula is C26H25N5OS. The van der Waals surface area contributed by atoms with Gasteiger partial charge >= 0.3 is 0 Å². The molecule has 1 aliphatic heterocycles. The summed E-state index contributed by atoms with van der Waals surface area (Å²) >= 11 is 5.69. The van der Waals surface area contributed by atoms with Crippen molar-refractivity contribution in [3.63, 3.8) is 0 Å². The van der Waals surface area contributed by atoms with E-state index in [1.54, 1.807) is 6.20 Å². The average molecular weight is 456 g/mol. The summed E-state index contributed by atoms with van der Waals surface area (Å²) in [5.41, 5.74) is 3.86. The van der Waals surface area contributed by atoms with Crippen molar-refractivity contribution in [2.75, 3.05) is 11.9 Å². The van der Waals surface area contributed by atoms with Gasteiger partial charge in [-0.05, 0) is 54.9 Å². The third-order valence-electron chi connectivity index (χ3n) is 6.01. The number of nitrogens with one attached hydrogen (secondary N) is 3. The van der Waals surface area contributed by atoms with Crippen LogP contribution in [0, 0.1) is 6.92 Å². The maximum atomic E-state index is 12.9. The molecule has 2 aromatic carbocycles. The first kappa shape index (κ1) is 21.2. The zero-order valence-corrected chi connectivity index (χ0v) is 19.1. The number of aromatic amines is 1. The molecule has 2 aromatic heterocycles. The van der Waals surface area contributed by atoms with Crippen molar-refractivity contribution in [1.82, 2.24) is 20.2 Å². The molecule has 3 N–H and O–H groups in total. The van der Waals surface area contributed by atoms with Gasteiger partial charge in [-0.25, -0.2) is 0 Å². The number of amides is 1. The van der Waals surface area contributed by atoms with Gasteiger partial charge in [-0.1, -0.05) is 42.5 Å². The number of H-pyrrole nitrogens is 1. The molecule has 33 heavy (non-hydrogen) atoms. The summed E-state index contributed by atoms with van der Waals surface area (Å²) in [6.45, 7) is 2.52. The average Bonchev–Trinajstić information content (AvgIpc) is 3.41. The van der Waals surface area contributed by atoms with Crippen LogP contribution in [0.25, 0.3) is 10.8 Å². The van der Waals surface area contributed by atoms with Crippen molar-refractivity contribution in [1.29, 1.82) is 0 Å². The van der Waals surface area contributed by atoms with Gasteiger partial charge in [-0.3, -0.25) is 9.78 Å². The summed E-state index contributed by atoms with van der Waals surface area (Å²) in [7, 11) is 0. The fourth-order valence-electron chi connectivity index (χ4n) is 4.45. The van der Waals surface area contributed by atoms with E-state index in [0.29, 0.717) is 18.1 Å². The van der Waals surface area contributed by atoms with Crippen molar-refractivity contribution in [2.45, 2.75) is 25.4 Å². The minimum absolute atomic E-state index is 0.0446. The van der Waals surface area contributed by atoms with Crippen molar-refractivity contribution < 1.29 is 4.79 Å². The van der Waals surface area contributed by atoms with E-state index in [1.807, 2.05) is 67.6 Å². The van der Waals surface area contributed by atoms with Crippen LogP contribution in [0.15, 0.2) is 79.0 Å². The number of benzene rings is 2. The van der Waals surface area contributed by atoms with Crippen molar-refractivity contribution in [3.8, 4) is 0 Å². The van der Waals surface area contributed by atoms with E-state index in [-0.39, 0.29) is 18.0 Å². The Morgan fingerprint density at radius 2 is 1.88 bits per heavy atom. The number of rotatable bonds is 6. The van der Waals surface area contributed by atoms with Crippen LogP contribution in [-0.2, 0) is 4.79 Å². The number of carbonyl (C=O) groups is 1. The van der Waals surface area contributed by atoms with Gasteiger partial charge in [-0.15, -0.1) is 0 Å². The Labute approximate surface area is 198 Å². The Balaban J connectivity index is 1.35. The molecule has 6 nitrogen and oxygen atoms in total. The highest BCUT2D eigenvalue weighted by Crippen LogP contribution is 2.38. The monoisotopic (exact) mass is 455 g/mol. The number of anilines is 1. The van der Waals surface area contributed by atoms with Crippen LogP contribution in [0.4, 0.5) is 5.69 Å². The highest BCUT2D eigenvalue weighted by atomic mass is 32.1. The number of fused-ring (bicyclic) bond motifs is 1. The summed E-state index contributed by atoms with van der Waals surface area (Å²) in [6, 6.07) is 23.8. The van der Waals surface area contributed by atoms with Crippen LogP contribution in [0.2, 0.25) is 0 Å². The third-order valence-corrected chi connectivity index (χ3v) is 6.37. The molecule has 1 amide bonds. The number of aromatic nitrogens is 2. The van der Waals surface area contributed by atoms with Crippen molar-refractivity contribution in [2.24, 2.45) is 0 Å². The Morgan fingerprint density at radius 1 is 1.06 bits per heavy atom. The van der Waals surface area contributed by atoms with Gasteiger partial charge in [0.15, 0.2) is 5.11 Å². The number of pyridine rings is 1. The molecule has 4 aromatic rings. The molecule has 1 fully saturated rings. The normalized spacial score (nSPS) is 17.8. The Kier molecular flexibility index (Phi) is 5.79. The lowest BCUT2D eigenvalue weighted by Crippen LogP contribution is -2.32. The highest BCUT2D eigenvalue weighted by molar-refractivity contribution is 7.80. The zero-order chi connectivity index (χ0) is 22.8. The van der Waals surface area contributed by atoms with Crippen molar-refractivity contribution >= 4 is 39.7 Å². The van der Waals surface area contributed by atoms with Gasteiger partial charge < -0.3 is 20.5 Å². The quantitative estimate of drug-likeness (QED) is 0.362. The Hall–Kier alpha value is -3.71. The smallest absolute Gasteiger partial charge is 0.226 e. The topological polar surface area (TPSA) is 73.1 Å². The van der Waals surface area contributed by atoms with Crippen molar-refractivity contribution in [3.05, 3.63) is 96.1 Å². The summed E-state index contributed by atoms with van der Waals surface area (Å²) in [4.78, 5) is 23.0. The summed E-state index contributed by atoms with van der Waals surface area (Å²) in [5.74, 6) is -0.0446. The molecule has 166 valence electrons. The maximum Gasteiger partial charge on any atom is 0.226 e. The molecule has 0 saturated carbocycles. The van der Waals surface area contributed by atoms with Gasteiger partial charge in [0.25, 0.3) is 0 Å². The number of aryl methyl sites for hydroxylation is 1. The van der Waals surface area contributed by atoms with Crippen LogP contribution >= 0.6 is 12.2 Å². The van der Waals surface area contributed by atoms with Crippen LogP contribution < -0.4 is 10.6 Å². The first-order valence-corrected chi connectivity index (χ1v) is 11.4. The van der Waals surface area contributed by atoms with E-state index < -0.39 is 0 Å². The van der Waals surface area contributed by atoms with Gasteiger partial charge in [0.1, 0.15) is 0 Å². The molecule has 0 bridgehead atoms. The molecule has 0 unspecified atom stereocenters. The molecule has 5 rings (SSSR count). The molecule has 0 aliphatic carbocycles. The SMILES string of the molecule is Cc1ccc([C@H]2[C@H](c3ccccn3)NC(=S)N2CCC(=O)Nc2cccc3ccccc23)[nH]1. The molecule has 1 aliphatic rings. The predicted octanol–water partition coefficient (Wildman–Crippen LogP) is 4.87. The lowest BCUT2D eigenvalue weighted by atomic mass is 10.0. The zero-order valence-electron chi connectivity index (χ0n) is 18.3. The molecule has 0 radical (unpaired) electrons. The first-order chi connectivity index (χ1) is 16.1. The second-order valence-electron chi connectivity index (χ2n) is 8.24. The lowest BCUT2D eigenvalue weighted by molar-refractivity contribution is -0.116.